The van der Waals surface area contributed by atoms with Crippen molar-refractivity contribution in [3.05, 3.63) is 11.8 Å². The molecule has 0 aliphatic heterocycles. The molecule has 15 heavy (non-hydrogen) atoms. The van der Waals surface area contributed by atoms with Gasteiger partial charge in [0.1, 0.15) is 5.71 Å². The zero-order valence-corrected chi connectivity index (χ0v) is 7.70. The first-order valence-electron chi connectivity index (χ1n) is 3.49. The van der Waals surface area contributed by atoms with E-state index in [-0.39, 0.29) is 6.08 Å². The number of nitrogens with zero attached hydrogens (tertiary/aromatic N) is 1. The fourth-order valence-corrected chi connectivity index (χ4v) is 0.654. The first kappa shape index (κ1) is 13.8. The van der Waals surface area contributed by atoms with E-state index in [2.05, 4.69) is 9.73 Å². The van der Waals surface area contributed by atoms with Crippen LogP contribution in [0, 0.1) is 0 Å². The van der Waals surface area contributed by atoms with Crippen molar-refractivity contribution >= 4 is 5.71 Å². The Morgan fingerprint density at radius 2 is 1.53 bits per heavy atom. The normalized spacial score (nSPS) is 15.5. The van der Waals surface area contributed by atoms with Crippen molar-refractivity contribution in [2.75, 3.05) is 14.2 Å². The minimum Gasteiger partial charge on any atom is -0.492 e. The second kappa shape index (κ2) is 4.54. The SMILES string of the molecule is C/N=C(/C=C(\OC)C(F)(F)F)C(F)(F)F. The second-order valence-electron chi connectivity index (χ2n) is 2.32. The third kappa shape index (κ3) is 4.22. The minimum absolute atomic E-state index is 0.194. The maximum Gasteiger partial charge on any atom is 0.448 e. The molecule has 0 heterocycles. The molecule has 0 amide bonds. The zero-order chi connectivity index (χ0) is 12.3. The Morgan fingerprint density at radius 3 is 1.73 bits per heavy atom. The van der Waals surface area contributed by atoms with Crippen LogP contribution in [0.25, 0.3) is 0 Å². The van der Waals surface area contributed by atoms with E-state index >= 15 is 0 Å². The van der Waals surface area contributed by atoms with E-state index in [1.165, 1.54) is 0 Å². The lowest BCUT2D eigenvalue weighted by Crippen LogP contribution is -2.24. The smallest absolute Gasteiger partial charge is 0.448 e. The Hall–Kier alpha value is -1.21. The molecule has 0 saturated carbocycles. The van der Waals surface area contributed by atoms with Gasteiger partial charge in [0.2, 0.25) is 5.76 Å². The molecule has 0 bridgehead atoms. The summed E-state index contributed by atoms with van der Waals surface area (Å²) in [6, 6.07) is 0. The zero-order valence-electron chi connectivity index (χ0n) is 7.70. The van der Waals surface area contributed by atoms with Crippen molar-refractivity contribution in [1.29, 1.82) is 0 Å². The predicted molar refractivity (Wildman–Crippen MR) is 40.6 cm³/mol. The van der Waals surface area contributed by atoms with Gasteiger partial charge in [0.25, 0.3) is 0 Å². The van der Waals surface area contributed by atoms with Crippen molar-refractivity contribution in [3.63, 3.8) is 0 Å². The highest BCUT2D eigenvalue weighted by atomic mass is 19.4. The quantitative estimate of drug-likeness (QED) is 0.409. The minimum atomic E-state index is -4.98. The molecule has 0 radical (unpaired) electrons. The highest BCUT2D eigenvalue weighted by Crippen LogP contribution is 2.28. The Morgan fingerprint density at radius 1 is 1.07 bits per heavy atom. The first-order valence-corrected chi connectivity index (χ1v) is 3.49. The summed E-state index contributed by atoms with van der Waals surface area (Å²) in [6.07, 6.45) is -10.1. The van der Waals surface area contributed by atoms with Crippen LogP contribution >= 0.6 is 0 Å². The molecule has 0 aliphatic rings. The third-order valence-electron chi connectivity index (χ3n) is 1.30. The number of allylic oxidation sites excluding steroid dienone is 2. The molecule has 0 saturated heterocycles. The van der Waals surface area contributed by atoms with Crippen LogP contribution in [0.5, 0.6) is 0 Å². The first-order chi connectivity index (χ1) is 6.62. The van der Waals surface area contributed by atoms with Crippen molar-refractivity contribution in [1.82, 2.24) is 0 Å². The molecule has 2 nitrogen and oxygen atoms in total. The number of methoxy groups -OCH3 is 1. The molecule has 0 spiro atoms. The van der Waals surface area contributed by atoms with Crippen LogP contribution in [0.3, 0.4) is 0 Å². The van der Waals surface area contributed by atoms with Crippen LogP contribution in [0.1, 0.15) is 0 Å². The van der Waals surface area contributed by atoms with Crippen LogP contribution in [0.2, 0.25) is 0 Å². The molecule has 0 aromatic rings. The molecule has 0 N–H and O–H groups in total. The summed E-state index contributed by atoms with van der Waals surface area (Å²) in [5, 5.41) is 0. The van der Waals surface area contributed by atoms with E-state index < -0.39 is 23.8 Å². The monoisotopic (exact) mass is 235 g/mol. The number of alkyl halides is 6. The van der Waals surface area contributed by atoms with Crippen LogP contribution in [0.4, 0.5) is 26.3 Å². The van der Waals surface area contributed by atoms with E-state index in [9.17, 15) is 26.3 Å². The van der Waals surface area contributed by atoms with E-state index in [0.29, 0.717) is 7.11 Å². The van der Waals surface area contributed by atoms with E-state index in [1.54, 1.807) is 0 Å². The molecule has 0 fully saturated rings. The molecular formula is C7H7F6NO. The van der Waals surface area contributed by atoms with Gasteiger partial charge in [0.15, 0.2) is 0 Å². The Balaban J connectivity index is 5.17. The van der Waals surface area contributed by atoms with Crippen LogP contribution in [-0.4, -0.2) is 32.2 Å². The summed E-state index contributed by atoms with van der Waals surface area (Å²) in [5.41, 5.74) is -1.66. The molecule has 0 rings (SSSR count). The Labute approximate surface area is 81.2 Å². The molecular weight excluding hydrogens is 228 g/mol. The maximum atomic E-state index is 12.0. The maximum absolute atomic E-state index is 12.0. The van der Waals surface area contributed by atoms with E-state index in [1.807, 2.05) is 0 Å². The summed E-state index contributed by atoms with van der Waals surface area (Å²) in [5.74, 6) is -1.75. The summed E-state index contributed by atoms with van der Waals surface area (Å²) in [6.45, 7) is 0. The fourth-order valence-electron chi connectivity index (χ4n) is 0.654. The Kier molecular flexibility index (Phi) is 4.17. The van der Waals surface area contributed by atoms with Gasteiger partial charge in [-0.2, -0.15) is 26.3 Å². The molecule has 0 atom stereocenters. The van der Waals surface area contributed by atoms with Gasteiger partial charge < -0.3 is 4.74 Å². The molecule has 88 valence electrons. The number of aliphatic imine (C=N–C) groups is 1. The van der Waals surface area contributed by atoms with Gasteiger partial charge in [0, 0.05) is 13.1 Å². The van der Waals surface area contributed by atoms with Crippen LogP contribution in [0.15, 0.2) is 16.8 Å². The largest absolute Gasteiger partial charge is 0.492 e. The average Bonchev–Trinajstić information content (AvgIpc) is 2.01. The molecule has 0 aromatic carbocycles. The lowest BCUT2D eigenvalue weighted by molar-refractivity contribution is -0.126. The number of hydrogen-bond acceptors (Lipinski definition) is 2. The third-order valence-corrected chi connectivity index (χ3v) is 1.30. The average molecular weight is 235 g/mol. The van der Waals surface area contributed by atoms with Gasteiger partial charge in [0.05, 0.1) is 7.11 Å². The van der Waals surface area contributed by atoms with Gasteiger partial charge in [-0.15, -0.1) is 0 Å². The molecule has 0 aromatic heterocycles. The summed E-state index contributed by atoms with van der Waals surface area (Å²) in [7, 11) is 1.37. The van der Waals surface area contributed by atoms with Crippen LogP contribution in [-0.2, 0) is 4.74 Å². The predicted octanol–water partition coefficient (Wildman–Crippen LogP) is 2.71. The van der Waals surface area contributed by atoms with Crippen molar-refractivity contribution in [3.8, 4) is 0 Å². The van der Waals surface area contributed by atoms with E-state index in [0.717, 1.165) is 7.05 Å². The highest BCUT2D eigenvalue weighted by Gasteiger charge is 2.40. The van der Waals surface area contributed by atoms with E-state index in [4.69, 9.17) is 0 Å². The Bertz CT molecular complexity index is 274. The van der Waals surface area contributed by atoms with Crippen LogP contribution < -0.4 is 0 Å². The molecule has 0 unspecified atom stereocenters. The summed E-state index contributed by atoms with van der Waals surface area (Å²) < 4.78 is 75.8. The van der Waals surface area contributed by atoms with Crippen molar-refractivity contribution in [2.45, 2.75) is 12.4 Å². The highest BCUT2D eigenvalue weighted by molar-refractivity contribution is 5.99. The van der Waals surface area contributed by atoms with Gasteiger partial charge in [-0.3, -0.25) is 4.99 Å². The van der Waals surface area contributed by atoms with Gasteiger partial charge in [-0.25, -0.2) is 0 Å². The standard InChI is InChI=1S/C7H7F6NO/c1-14-4(6(8,9)10)3-5(15-2)7(11,12)13/h3H,1-2H3/b5-3-,14-4-. The molecule has 8 heteroatoms. The number of ether oxygens (including phenoxy) is 1. The summed E-state index contributed by atoms with van der Waals surface area (Å²) in [4.78, 5) is 2.70. The van der Waals surface area contributed by atoms with Crippen molar-refractivity contribution in [2.24, 2.45) is 4.99 Å². The number of halogens is 6. The lowest BCUT2D eigenvalue weighted by Gasteiger charge is -2.11. The van der Waals surface area contributed by atoms with Gasteiger partial charge >= 0.3 is 12.4 Å². The topological polar surface area (TPSA) is 21.6 Å². The van der Waals surface area contributed by atoms with Gasteiger partial charge in [-0.1, -0.05) is 0 Å². The van der Waals surface area contributed by atoms with Crippen molar-refractivity contribution < 1.29 is 31.1 Å². The number of rotatable bonds is 2. The fraction of sp³-hybridized carbons (Fsp3) is 0.571. The molecule has 0 aliphatic carbocycles. The van der Waals surface area contributed by atoms with Gasteiger partial charge in [-0.05, 0) is 0 Å². The second-order valence-corrected chi connectivity index (χ2v) is 2.32. The number of hydrogen-bond donors (Lipinski definition) is 0. The summed E-state index contributed by atoms with van der Waals surface area (Å²) >= 11 is 0. The lowest BCUT2D eigenvalue weighted by atomic mass is 10.3.